The van der Waals surface area contributed by atoms with Gasteiger partial charge in [-0.2, -0.15) is 0 Å². The van der Waals surface area contributed by atoms with Gasteiger partial charge in [0.1, 0.15) is 5.76 Å². The Balaban J connectivity index is 1.37. The Morgan fingerprint density at radius 2 is 1.97 bits per heavy atom. The Hall–Kier alpha value is -3.11. The molecule has 5 rings (SSSR count). The van der Waals surface area contributed by atoms with E-state index in [1.165, 1.54) is 22.7 Å². The molecule has 2 aliphatic rings. The third-order valence-corrected chi connectivity index (χ3v) is 7.87. The van der Waals surface area contributed by atoms with Crippen LogP contribution < -0.4 is 16.2 Å². The number of carbonyl (C=O) groups excluding carboxylic acids is 2. The van der Waals surface area contributed by atoms with Crippen molar-refractivity contribution < 1.29 is 18.7 Å². The van der Waals surface area contributed by atoms with Crippen LogP contribution in [0.15, 0.2) is 51.0 Å². The van der Waals surface area contributed by atoms with Gasteiger partial charge in [0.05, 0.1) is 35.6 Å². The maximum absolute atomic E-state index is 13.5. The summed E-state index contributed by atoms with van der Waals surface area (Å²) in [7, 11) is 0. The number of aromatic nitrogens is 2. The van der Waals surface area contributed by atoms with Crippen LogP contribution in [0.4, 0.5) is 0 Å². The van der Waals surface area contributed by atoms with Crippen LogP contribution in [-0.4, -0.2) is 52.4 Å². The molecule has 2 aromatic heterocycles. The summed E-state index contributed by atoms with van der Waals surface area (Å²) >= 11 is 1.22. The Morgan fingerprint density at radius 1 is 1.11 bits per heavy atom. The van der Waals surface area contributed by atoms with Gasteiger partial charge < -0.3 is 19.8 Å². The van der Waals surface area contributed by atoms with E-state index in [2.05, 4.69) is 10.6 Å². The minimum absolute atomic E-state index is 0.0408. The highest BCUT2D eigenvalue weighted by Crippen LogP contribution is 2.22. The second-order valence-corrected chi connectivity index (χ2v) is 10.6. The Morgan fingerprint density at radius 3 is 2.73 bits per heavy atom. The normalized spacial score (nSPS) is 18.2. The first-order valence-electron chi connectivity index (χ1n) is 13.0. The zero-order valence-corrected chi connectivity index (χ0v) is 21.6. The van der Waals surface area contributed by atoms with Crippen molar-refractivity contribution in [2.24, 2.45) is 0 Å². The lowest BCUT2D eigenvalue weighted by Crippen LogP contribution is -2.37. The third-order valence-electron chi connectivity index (χ3n) is 6.89. The summed E-state index contributed by atoms with van der Waals surface area (Å²) in [6.07, 6.45) is 9.04. The molecule has 0 radical (unpaired) electrons. The van der Waals surface area contributed by atoms with Crippen molar-refractivity contribution in [3.05, 3.63) is 58.3 Å². The van der Waals surface area contributed by atoms with E-state index in [-0.39, 0.29) is 41.8 Å². The number of nitrogens with one attached hydrogen (secondary N) is 2. The van der Waals surface area contributed by atoms with Crippen molar-refractivity contribution in [1.82, 2.24) is 20.2 Å². The zero-order valence-electron chi connectivity index (χ0n) is 20.7. The topological polar surface area (TPSA) is 115 Å². The molecule has 0 unspecified atom stereocenters. The van der Waals surface area contributed by atoms with Gasteiger partial charge in [-0.05, 0) is 56.0 Å². The van der Waals surface area contributed by atoms with E-state index in [0.29, 0.717) is 33.9 Å². The molecule has 196 valence electrons. The average molecular weight is 525 g/mol. The molecule has 10 heteroatoms. The molecule has 1 atom stereocenters. The monoisotopic (exact) mass is 524 g/mol. The lowest BCUT2D eigenvalue weighted by molar-refractivity contribution is -0.119. The lowest BCUT2D eigenvalue weighted by Gasteiger charge is -2.22. The molecule has 1 aliphatic carbocycles. The first-order valence-corrected chi connectivity index (χ1v) is 13.9. The molecule has 1 aromatic carbocycles. The second-order valence-electron chi connectivity index (χ2n) is 9.63. The SMILES string of the molecule is O=C(CSc1nc2cc(C(=O)NC[C@@H]3CCCO3)ccc2c(=O)n1Cc1ccco1)NC1CCCCC1. The number of rotatable bonds is 9. The molecular weight excluding hydrogens is 492 g/mol. The van der Waals surface area contributed by atoms with E-state index in [9.17, 15) is 14.4 Å². The molecule has 9 nitrogen and oxygen atoms in total. The standard InChI is InChI=1S/C27H32N4O5S/c32-24(29-19-6-2-1-3-7-19)17-37-27-30-23-14-18(25(33)28-15-20-8-4-12-35-20)10-11-22(23)26(34)31(27)16-21-9-5-13-36-21/h5,9-11,13-14,19-20H,1-4,6-8,12,15-17H2,(H,28,33)(H,29,32)/t20-/m0/s1. The third kappa shape index (κ3) is 6.42. The molecule has 37 heavy (non-hydrogen) atoms. The van der Waals surface area contributed by atoms with Gasteiger partial charge in [0.25, 0.3) is 11.5 Å². The summed E-state index contributed by atoms with van der Waals surface area (Å²) in [6, 6.07) is 8.67. The van der Waals surface area contributed by atoms with Crippen LogP contribution in [0, 0.1) is 0 Å². The average Bonchev–Trinajstić information content (AvgIpc) is 3.63. The van der Waals surface area contributed by atoms with E-state index in [1.54, 1.807) is 36.6 Å². The van der Waals surface area contributed by atoms with Gasteiger partial charge in [-0.15, -0.1) is 0 Å². The van der Waals surface area contributed by atoms with Gasteiger partial charge in [-0.1, -0.05) is 31.0 Å². The summed E-state index contributed by atoms with van der Waals surface area (Å²) in [6.45, 7) is 1.38. The quantitative estimate of drug-likeness (QED) is 0.325. The largest absolute Gasteiger partial charge is 0.467 e. The number of hydrogen-bond donors (Lipinski definition) is 2. The summed E-state index contributed by atoms with van der Waals surface area (Å²) in [5.41, 5.74) is 0.593. The van der Waals surface area contributed by atoms with Gasteiger partial charge in [-0.3, -0.25) is 19.0 Å². The summed E-state index contributed by atoms with van der Waals surface area (Å²) in [5, 5.41) is 6.83. The van der Waals surface area contributed by atoms with Crippen molar-refractivity contribution in [2.75, 3.05) is 18.9 Å². The van der Waals surface area contributed by atoms with Crippen LogP contribution >= 0.6 is 11.8 Å². The fourth-order valence-corrected chi connectivity index (χ4v) is 5.72. The molecule has 2 fully saturated rings. The Bertz CT molecular complexity index is 1290. The van der Waals surface area contributed by atoms with Crippen LogP contribution in [0.2, 0.25) is 0 Å². The first-order chi connectivity index (χ1) is 18.1. The number of nitrogens with zero attached hydrogens (tertiary/aromatic N) is 2. The Kier molecular flexibility index (Phi) is 8.25. The number of ether oxygens (including phenoxy) is 1. The van der Waals surface area contributed by atoms with E-state index in [1.807, 2.05) is 0 Å². The van der Waals surface area contributed by atoms with E-state index in [0.717, 1.165) is 45.1 Å². The summed E-state index contributed by atoms with van der Waals surface area (Å²) in [4.78, 5) is 43.6. The highest BCUT2D eigenvalue weighted by atomic mass is 32.2. The summed E-state index contributed by atoms with van der Waals surface area (Å²) < 4.78 is 12.6. The fraction of sp³-hybridized carbons (Fsp3) is 0.481. The van der Waals surface area contributed by atoms with Gasteiger partial charge in [-0.25, -0.2) is 4.98 Å². The first kappa shape index (κ1) is 25.5. The zero-order chi connectivity index (χ0) is 25.6. The van der Waals surface area contributed by atoms with Gasteiger partial charge in [0.15, 0.2) is 5.16 Å². The molecule has 0 spiro atoms. The number of hydrogen-bond acceptors (Lipinski definition) is 7. The number of fused-ring (bicyclic) bond motifs is 1. The van der Waals surface area contributed by atoms with Crippen molar-refractivity contribution in [3.63, 3.8) is 0 Å². The maximum atomic E-state index is 13.5. The van der Waals surface area contributed by atoms with Crippen LogP contribution in [0.5, 0.6) is 0 Å². The van der Waals surface area contributed by atoms with Crippen LogP contribution in [0.25, 0.3) is 10.9 Å². The van der Waals surface area contributed by atoms with E-state index < -0.39 is 0 Å². The van der Waals surface area contributed by atoms with Crippen LogP contribution in [0.1, 0.15) is 61.1 Å². The lowest BCUT2D eigenvalue weighted by atomic mass is 9.95. The van der Waals surface area contributed by atoms with Crippen LogP contribution in [0.3, 0.4) is 0 Å². The maximum Gasteiger partial charge on any atom is 0.262 e. The molecule has 2 N–H and O–H groups in total. The van der Waals surface area contributed by atoms with Crippen molar-refractivity contribution in [3.8, 4) is 0 Å². The summed E-state index contributed by atoms with van der Waals surface area (Å²) in [5.74, 6) is 0.453. The smallest absolute Gasteiger partial charge is 0.262 e. The van der Waals surface area contributed by atoms with E-state index in [4.69, 9.17) is 14.1 Å². The molecule has 1 aliphatic heterocycles. The number of amides is 2. The van der Waals surface area contributed by atoms with Crippen molar-refractivity contribution >= 4 is 34.5 Å². The van der Waals surface area contributed by atoms with Crippen molar-refractivity contribution in [1.29, 1.82) is 0 Å². The molecule has 1 saturated heterocycles. The fourth-order valence-electron chi connectivity index (χ4n) is 4.91. The minimum Gasteiger partial charge on any atom is -0.467 e. The Labute approximate surface area is 219 Å². The number of carbonyl (C=O) groups is 2. The molecular formula is C27H32N4O5S. The van der Waals surface area contributed by atoms with Gasteiger partial charge in [0.2, 0.25) is 5.91 Å². The second kappa shape index (κ2) is 12.0. The number of benzene rings is 1. The minimum atomic E-state index is -0.247. The van der Waals surface area contributed by atoms with Gasteiger partial charge in [0, 0.05) is 24.8 Å². The molecule has 3 aromatic rings. The molecule has 2 amide bonds. The van der Waals surface area contributed by atoms with Gasteiger partial charge >= 0.3 is 0 Å². The van der Waals surface area contributed by atoms with Crippen molar-refractivity contribution in [2.45, 2.75) is 68.8 Å². The van der Waals surface area contributed by atoms with E-state index >= 15 is 0 Å². The predicted octanol–water partition coefficient (Wildman–Crippen LogP) is 3.49. The molecule has 0 bridgehead atoms. The highest BCUT2D eigenvalue weighted by molar-refractivity contribution is 7.99. The molecule has 3 heterocycles. The highest BCUT2D eigenvalue weighted by Gasteiger charge is 2.20. The molecule has 1 saturated carbocycles. The number of thioether (sulfide) groups is 1. The number of furan rings is 1. The van der Waals surface area contributed by atoms with Crippen LogP contribution in [-0.2, 0) is 16.1 Å². The predicted molar refractivity (Wildman–Crippen MR) is 141 cm³/mol.